The minimum Gasteiger partial charge on any atom is -0.457 e. The number of hydrogen-bond donors (Lipinski definition) is 1. The predicted molar refractivity (Wildman–Crippen MR) is 164 cm³/mol. The van der Waals surface area contributed by atoms with E-state index in [1.54, 1.807) is 6.92 Å². The van der Waals surface area contributed by atoms with Gasteiger partial charge in [0.2, 0.25) is 5.91 Å². The summed E-state index contributed by atoms with van der Waals surface area (Å²) in [5.41, 5.74) is 0.812. The lowest BCUT2D eigenvalue weighted by molar-refractivity contribution is -0.384. The van der Waals surface area contributed by atoms with E-state index in [2.05, 4.69) is 5.32 Å². The highest BCUT2D eigenvalue weighted by molar-refractivity contribution is 8.13. The molecule has 1 N–H and O–H groups in total. The van der Waals surface area contributed by atoms with Gasteiger partial charge in [-0.25, -0.2) is 9.59 Å². The van der Waals surface area contributed by atoms with Gasteiger partial charge < -0.3 is 29.2 Å². The van der Waals surface area contributed by atoms with Gasteiger partial charge in [0.05, 0.1) is 24.7 Å². The Kier molecular flexibility index (Phi) is 10.4. The fraction of sp³-hybridized carbons (Fsp3) is 0.419. The summed E-state index contributed by atoms with van der Waals surface area (Å²) in [5.74, 6) is 0.473. The van der Waals surface area contributed by atoms with Crippen molar-refractivity contribution in [1.82, 2.24) is 15.1 Å². The van der Waals surface area contributed by atoms with Crippen LogP contribution in [0.2, 0.25) is 0 Å². The normalized spacial score (nSPS) is 20.0. The standard InChI is InChI=1S/C25H30N4O9S.C6H4O/c1-15(27-9-11-36-12-10-27)21(24(32)37-13-18-5-7-19(8-6-18)29(34)35)28-22(31)20(26-16(2)30)23(28)39-25(33)38-14-17-3-4-17;1-2-5-4-6(3-1)7-5/h5-8,17,20,23H,3-4,9-14H2,1-2H3,(H,26,30);1-4H. The summed E-state index contributed by atoms with van der Waals surface area (Å²) < 4.78 is 21.3. The summed E-state index contributed by atoms with van der Waals surface area (Å²) in [5, 5.41) is 11.9. The van der Waals surface area contributed by atoms with Gasteiger partial charge in [0.1, 0.15) is 35.2 Å². The molecular weight excluding hydrogens is 620 g/mol. The number of fused-ring (bicyclic) bond motifs is 2. The highest BCUT2D eigenvalue weighted by Crippen LogP contribution is 2.38. The van der Waals surface area contributed by atoms with Crippen LogP contribution in [0, 0.1) is 16.0 Å². The number of esters is 1. The third-order valence-corrected chi connectivity index (χ3v) is 8.61. The first-order chi connectivity index (χ1) is 22.1. The van der Waals surface area contributed by atoms with E-state index in [-0.39, 0.29) is 24.6 Å². The molecule has 2 saturated heterocycles. The molecule has 46 heavy (non-hydrogen) atoms. The number of amides is 2. The van der Waals surface area contributed by atoms with Crippen LogP contribution in [0.3, 0.4) is 0 Å². The first kappa shape index (κ1) is 32.8. The molecule has 2 atom stereocenters. The number of thioether (sulfide) groups is 1. The first-order valence-corrected chi connectivity index (χ1v) is 15.6. The fourth-order valence-corrected chi connectivity index (χ4v) is 5.83. The highest BCUT2D eigenvalue weighted by Gasteiger charge is 2.54. The number of hydrogen-bond acceptors (Lipinski definition) is 12. The summed E-state index contributed by atoms with van der Waals surface area (Å²) in [4.78, 5) is 64.6. The molecule has 0 spiro atoms. The number of ether oxygens (including phenoxy) is 4. The molecule has 2 amide bonds. The molecule has 0 aromatic heterocycles. The van der Waals surface area contributed by atoms with Crippen molar-refractivity contribution < 1.29 is 43.0 Å². The Bertz CT molecular complexity index is 1500. The number of nitro groups is 1. The molecule has 3 fully saturated rings. The molecule has 2 aromatic carbocycles. The fourth-order valence-electron chi connectivity index (χ4n) is 4.86. The Labute approximate surface area is 269 Å². The Hall–Kier alpha value is -4.63. The number of non-ortho nitro benzene ring substituents is 1. The molecule has 2 bridgehead atoms. The summed E-state index contributed by atoms with van der Waals surface area (Å²) in [6, 6.07) is 12.4. The van der Waals surface area contributed by atoms with Gasteiger partial charge in [-0.05, 0) is 67.3 Å². The zero-order valence-corrected chi connectivity index (χ0v) is 26.2. The third-order valence-electron chi connectivity index (χ3n) is 7.57. The van der Waals surface area contributed by atoms with Crippen LogP contribution in [0.15, 0.2) is 59.9 Å². The van der Waals surface area contributed by atoms with Gasteiger partial charge >= 0.3 is 11.3 Å². The largest absolute Gasteiger partial charge is 0.457 e. The van der Waals surface area contributed by atoms with E-state index in [0.717, 1.165) is 36.1 Å². The van der Waals surface area contributed by atoms with Gasteiger partial charge in [-0.1, -0.05) is 6.07 Å². The van der Waals surface area contributed by atoms with Gasteiger partial charge in [0.15, 0.2) is 0 Å². The molecule has 0 radical (unpaired) electrons. The van der Waals surface area contributed by atoms with Crippen molar-refractivity contribution in [3.8, 4) is 11.5 Å². The average molecular weight is 655 g/mol. The number of nitrogens with one attached hydrogen (secondary N) is 1. The SMILES string of the molecule is CC(=O)NC1C(=O)N(C(C(=O)OCc2ccc([N+](=O)[O-])cc2)=C(C)N2CCOCC2)C1SC(=O)OCC1CC1.c1cc2cc(c1)O2. The number of rotatable bonds is 10. The zero-order chi connectivity index (χ0) is 32.8. The molecule has 4 aliphatic heterocycles. The predicted octanol–water partition coefficient (Wildman–Crippen LogP) is 3.95. The van der Waals surface area contributed by atoms with Crippen LogP contribution in [-0.4, -0.2) is 82.1 Å². The maximum atomic E-state index is 13.5. The summed E-state index contributed by atoms with van der Waals surface area (Å²) in [6.45, 7) is 4.83. The van der Waals surface area contributed by atoms with Crippen molar-refractivity contribution >= 4 is 40.5 Å². The van der Waals surface area contributed by atoms with Crippen molar-refractivity contribution in [2.45, 2.75) is 44.7 Å². The molecule has 244 valence electrons. The molecular formula is C31H34N4O10S. The van der Waals surface area contributed by atoms with Crippen LogP contribution in [-0.2, 0) is 35.2 Å². The van der Waals surface area contributed by atoms with Gasteiger partial charge in [-0.15, -0.1) is 0 Å². The molecule has 4 heterocycles. The molecule has 5 aliphatic rings. The topological polar surface area (TPSA) is 167 Å². The second-order valence-electron chi connectivity index (χ2n) is 11.0. The van der Waals surface area contributed by atoms with E-state index in [1.165, 1.54) is 36.1 Å². The lowest BCUT2D eigenvalue weighted by Crippen LogP contribution is -2.69. The van der Waals surface area contributed by atoms with Crippen LogP contribution in [0.4, 0.5) is 10.5 Å². The van der Waals surface area contributed by atoms with Crippen LogP contribution in [0.25, 0.3) is 0 Å². The van der Waals surface area contributed by atoms with Crippen LogP contribution >= 0.6 is 11.8 Å². The van der Waals surface area contributed by atoms with E-state index >= 15 is 0 Å². The summed E-state index contributed by atoms with van der Waals surface area (Å²) >= 11 is 0.727. The molecule has 2 aromatic rings. The maximum absolute atomic E-state index is 13.5. The second-order valence-corrected chi connectivity index (χ2v) is 12.1. The number of benzene rings is 2. The number of carbonyl (C=O) groups is 4. The van der Waals surface area contributed by atoms with Crippen molar-refractivity contribution in [3.05, 3.63) is 75.6 Å². The number of morpholine rings is 1. The number of β-lactam (4-membered cyclic amide) rings is 1. The smallest absolute Gasteiger partial charge is 0.369 e. The summed E-state index contributed by atoms with van der Waals surface area (Å²) in [7, 11) is 0. The first-order valence-electron chi connectivity index (χ1n) is 14.8. The Morgan fingerprint density at radius 2 is 1.70 bits per heavy atom. The molecule has 1 aliphatic carbocycles. The Morgan fingerprint density at radius 3 is 2.22 bits per heavy atom. The zero-order valence-electron chi connectivity index (χ0n) is 25.3. The molecule has 2 unspecified atom stereocenters. The third kappa shape index (κ3) is 8.14. The minimum absolute atomic E-state index is 0.0575. The number of nitro benzene ring substituents is 1. The van der Waals surface area contributed by atoms with Crippen molar-refractivity contribution in [1.29, 1.82) is 0 Å². The second kappa shape index (κ2) is 14.6. The maximum Gasteiger partial charge on any atom is 0.369 e. The van der Waals surface area contributed by atoms with E-state index in [4.69, 9.17) is 18.9 Å². The number of allylic oxidation sites excluding steroid dienone is 1. The van der Waals surface area contributed by atoms with Gasteiger partial charge in [-0.2, -0.15) is 0 Å². The average Bonchev–Trinajstić information content (AvgIpc) is 3.89. The number of likely N-dealkylation sites (tertiary alicyclic amines) is 1. The summed E-state index contributed by atoms with van der Waals surface area (Å²) in [6.07, 6.45) is 1.99. The Balaban J connectivity index is 0.000000517. The molecule has 1 saturated carbocycles. The van der Waals surface area contributed by atoms with Crippen molar-refractivity contribution in [2.24, 2.45) is 5.92 Å². The van der Waals surface area contributed by atoms with Gasteiger partial charge in [0, 0.05) is 43.9 Å². The number of nitrogens with zero attached hydrogens (tertiary/aromatic N) is 3. The van der Waals surface area contributed by atoms with Crippen molar-refractivity contribution in [2.75, 3.05) is 32.9 Å². The van der Waals surface area contributed by atoms with E-state index < -0.39 is 39.4 Å². The van der Waals surface area contributed by atoms with Gasteiger partial charge in [0.25, 0.3) is 11.6 Å². The van der Waals surface area contributed by atoms with E-state index in [0.29, 0.717) is 43.5 Å². The Morgan fingerprint density at radius 1 is 1.04 bits per heavy atom. The highest BCUT2D eigenvalue weighted by atomic mass is 32.2. The van der Waals surface area contributed by atoms with Crippen molar-refractivity contribution in [3.63, 3.8) is 0 Å². The monoisotopic (exact) mass is 654 g/mol. The quantitative estimate of drug-likeness (QED) is 0.110. The minimum atomic E-state index is -1.03. The van der Waals surface area contributed by atoms with E-state index in [1.807, 2.05) is 29.2 Å². The molecule has 14 nitrogen and oxygen atoms in total. The number of carbonyl (C=O) groups excluding carboxylic acids is 4. The lowest BCUT2D eigenvalue weighted by atomic mass is 10.0. The van der Waals surface area contributed by atoms with Crippen LogP contribution < -0.4 is 10.1 Å². The molecule has 7 rings (SSSR count). The van der Waals surface area contributed by atoms with Crippen LogP contribution in [0.5, 0.6) is 11.5 Å². The lowest BCUT2D eigenvalue weighted by Gasteiger charge is -2.47. The molecule has 15 heteroatoms. The van der Waals surface area contributed by atoms with Gasteiger partial charge in [-0.3, -0.25) is 24.6 Å². The van der Waals surface area contributed by atoms with Crippen LogP contribution in [0.1, 0.15) is 32.3 Å². The van der Waals surface area contributed by atoms with E-state index in [9.17, 15) is 29.3 Å².